The normalized spacial score (nSPS) is 12.3. The molecule has 1 unspecified atom stereocenters. The van der Waals surface area contributed by atoms with E-state index < -0.39 is 12.1 Å². The molecular weight excluding hydrogens is 218 g/mol. The molecule has 4 heteroatoms. The van der Waals surface area contributed by atoms with Crippen molar-refractivity contribution >= 4 is 5.97 Å². The third-order valence-corrected chi connectivity index (χ3v) is 2.50. The number of aliphatic carboxylic acids is 1. The predicted octanol–water partition coefficient (Wildman–Crippen LogP) is 2.28. The van der Waals surface area contributed by atoms with Crippen molar-refractivity contribution in [2.45, 2.75) is 38.7 Å². The number of aromatic nitrogens is 1. The maximum atomic E-state index is 10.8. The van der Waals surface area contributed by atoms with Crippen LogP contribution in [0, 0.1) is 0 Å². The molecule has 94 valence electrons. The highest BCUT2D eigenvalue weighted by Gasteiger charge is 2.15. The lowest BCUT2D eigenvalue weighted by Crippen LogP contribution is -2.24. The molecule has 17 heavy (non-hydrogen) atoms. The molecule has 0 spiro atoms. The largest absolute Gasteiger partial charge is 0.479 e. The van der Waals surface area contributed by atoms with Gasteiger partial charge in [0.15, 0.2) is 6.10 Å². The van der Waals surface area contributed by atoms with E-state index in [2.05, 4.69) is 4.98 Å². The lowest BCUT2D eigenvalue weighted by molar-refractivity contribution is -0.150. The van der Waals surface area contributed by atoms with Gasteiger partial charge in [-0.05, 0) is 37.0 Å². The quantitative estimate of drug-likeness (QED) is 0.705. The van der Waals surface area contributed by atoms with Crippen LogP contribution in [-0.2, 0) is 16.0 Å². The van der Waals surface area contributed by atoms with Crippen LogP contribution in [0.2, 0.25) is 0 Å². The molecule has 0 aromatic carbocycles. The molecular formula is C13H19NO3. The van der Waals surface area contributed by atoms with Gasteiger partial charge in [0.1, 0.15) is 0 Å². The second kappa shape index (κ2) is 7.79. The van der Waals surface area contributed by atoms with Gasteiger partial charge in [-0.3, -0.25) is 4.98 Å². The molecule has 0 radical (unpaired) electrons. The molecule has 0 saturated heterocycles. The number of carboxylic acids is 1. The van der Waals surface area contributed by atoms with E-state index in [4.69, 9.17) is 9.84 Å². The Morgan fingerprint density at radius 2 is 2.18 bits per heavy atom. The van der Waals surface area contributed by atoms with Crippen LogP contribution in [-0.4, -0.2) is 28.8 Å². The van der Waals surface area contributed by atoms with Crippen molar-refractivity contribution in [1.29, 1.82) is 0 Å². The van der Waals surface area contributed by atoms with E-state index in [1.54, 1.807) is 12.4 Å². The number of pyridine rings is 1. The van der Waals surface area contributed by atoms with E-state index in [0.29, 0.717) is 13.0 Å². The van der Waals surface area contributed by atoms with Crippen molar-refractivity contribution in [2.24, 2.45) is 0 Å². The minimum Gasteiger partial charge on any atom is -0.479 e. The van der Waals surface area contributed by atoms with Crippen LogP contribution in [0.5, 0.6) is 0 Å². The average Bonchev–Trinajstić information content (AvgIpc) is 2.34. The molecule has 1 aromatic heterocycles. The third kappa shape index (κ3) is 5.45. The Morgan fingerprint density at radius 3 is 2.76 bits per heavy atom. The summed E-state index contributed by atoms with van der Waals surface area (Å²) in [6.45, 7) is 2.44. The molecule has 1 N–H and O–H groups in total. The zero-order valence-corrected chi connectivity index (χ0v) is 10.1. The van der Waals surface area contributed by atoms with Crippen molar-refractivity contribution in [3.63, 3.8) is 0 Å². The molecule has 0 aliphatic heterocycles. The van der Waals surface area contributed by atoms with E-state index in [9.17, 15) is 4.79 Å². The number of carboxylic acid groups (broad SMARTS) is 1. The molecule has 0 aliphatic carbocycles. The number of nitrogens with zero attached hydrogens (tertiary/aromatic N) is 1. The van der Waals surface area contributed by atoms with Gasteiger partial charge in [-0.1, -0.05) is 13.3 Å². The lowest BCUT2D eigenvalue weighted by Gasteiger charge is -2.12. The molecule has 1 atom stereocenters. The summed E-state index contributed by atoms with van der Waals surface area (Å²) in [4.78, 5) is 14.8. The molecule has 0 amide bonds. The van der Waals surface area contributed by atoms with Crippen molar-refractivity contribution < 1.29 is 14.6 Å². The smallest absolute Gasteiger partial charge is 0.332 e. The Hall–Kier alpha value is -1.42. The minimum atomic E-state index is -0.865. The van der Waals surface area contributed by atoms with Crippen LogP contribution in [0.25, 0.3) is 0 Å². The first-order valence-corrected chi connectivity index (χ1v) is 5.97. The van der Waals surface area contributed by atoms with Gasteiger partial charge in [-0.2, -0.15) is 0 Å². The van der Waals surface area contributed by atoms with Crippen LogP contribution < -0.4 is 0 Å². The monoisotopic (exact) mass is 237 g/mol. The zero-order chi connectivity index (χ0) is 12.5. The fourth-order valence-corrected chi connectivity index (χ4v) is 1.59. The van der Waals surface area contributed by atoms with Crippen LogP contribution >= 0.6 is 0 Å². The van der Waals surface area contributed by atoms with Crippen molar-refractivity contribution in [1.82, 2.24) is 4.98 Å². The summed E-state index contributed by atoms with van der Waals surface area (Å²) in [5.74, 6) is -0.865. The predicted molar refractivity (Wildman–Crippen MR) is 64.8 cm³/mol. The average molecular weight is 237 g/mol. The van der Waals surface area contributed by atoms with E-state index in [1.807, 2.05) is 19.1 Å². The fraction of sp³-hybridized carbons (Fsp3) is 0.538. The van der Waals surface area contributed by atoms with E-state index >= 15 is 0 Å². The number of rotatable bonds is 8. The number of ether oxygens (including phenoxy) is 1. The van der Waals surface area contributed by atoms with Gasteiger partial charge in [-0.25, -0.2) is 4.79 Å². The minimum absolute atomic E-state index is 0.485. The van der Waals surface area contributed by atoms with Crippen LogP contribution in [0.15, 0.2) is 24.5 Å². The lowest BCUT2D eigenvalue weighted by atomic mass is 10.1. The Balaban J connectivity index is 2.20. The molecule has 0 saturated carbocycles. The Kier molecular flexibility index (Phi) is 6.25. The van der Waals surface area contributed by atoms with Gasteiger partial charge >= 0.3 is 5.97 Å². The second-order valence-electron chi connectivity index (χ2n) is 3.95. The maximum Gasteiger partial charge on any atom is 0.332 e. The van der Waals surface area contributed by atoms with Gasteiger partial charge in [0.2, 0.25) is 0 Å². The molecule has 0 aliphatic rings. The molecule has 0 fully saturated rings. The molecule has 0 bridgehead atoms. The van der Waals surface area contributed by atoms with E-state index in [1.165, 1.54) is 5.56 Å². The zero-order valence-electron chi connectivity index (χ0n) is 10.1. The summed E-state index contributed by atoms with van der Waals surface area (Å²) in [6, 6.07) is 3.92. The topological polar surface area (TPSA) is 59.4 Å². The first kappa shape index (κ1) is 13.6. The first-order chi connectivity index (χ1) is 8.24. The van der Waals surface area contributed by atoms with Crippen LogP contribution in [0.1, 0.15) is 31.7 Å². The summed E-state index contributed by atoms with van der Waals surface area (Å²) < 4.78 is 5.35. The fourth-order valence-electron chi connectivity index (χ4n) is 1.59. The number of carbonyl (C=O) groups is 1. The van der Waals surface area contributed by atoms with Crippen molar-refractivity contribution in [3.05, 3.63) is 30.1 Å². The van der Waals surface area contributed by atoms with Crippen LogP contribution in [0.4, 0.5) is 0 Å². The van der Waals surface area contributed by atoms with E-state index in [-0.39, 0.29) is 0 Å². The molecule has 1 aromatic rings. The highest BCUT2D eigenvalue weighted by Crippen LogP contribution is 2.05. The van der Waals surface area contributed by atoms with Gasteiger partial charge in [0, 0.05) is 19.0 Å². The Morgan fingerprint density at radius 1 is 1.47 bits per heavy atom. The number of aryl methyl sites for hydroxylation is 1. The third-order valence-electron chi connectivity index (χ3n) is 2.50. The highest BCUT2D eigenvalue weighted by molar-refractivity contribution is 5.72. The maximum absolute atomic E-state index is 10.8. The summed E-state index contributed by atoms with van der Waals surface area (Å²) in [5.41, 5.74) is 1.20. The molecule has 4 nitrogen and oxygen atoms in total. The second-order valence-corrected chi connectivity index (χ2v) is 3.95. The van der Waals surface area contributed by atoms with Crippen LogP contribution in [0.3, 0.4) is 0 Å². The summed E-state index contributed by atoms with van der Waals surface area (Å²) >= 11 is 0. The van der Waals surface area contributed by atoms with Gasteiger partial charge < -0.3 is 9.84 Å². The summed E-state index contributed by atoms with van der Waals surface area (Å²) in [7, 11) is 0. The number of hydrogen-bond donors (Lipinski definition) is 1. The highest BCUT2D eigenvalue weighted by atomic mass is 16.5. The summed E-state index contributed by atoms with van der Waals surface area (Å²) in [6.07, 6.45) is 5.97. The van der Waals surface area contributed by atoms with Gasteiger partial charge in [0.05, 0.1) is 0 Å². The standard InChI is InChI=1S/C13H19NO3/c1-2-4-12(13(15)16)17-10-3-5-11-6-8-14-9-7-11/h6-9,12H,2-5,10H2,1H3,(H,15,16). The first-order valence-electron chi connectivity index (χ1n) is 5.97. The van der Waals surface area contributed by atoms with Crippen molar-refractivity contribution in [2.75, 3.05) is 6.61 Å². The Labute approximate surface area is 102 Å². The Bertz CT molecular complexity index is 327. The summed E-state index contributed by atoms with van der Waals surface area (Å²) in [5, 5.41) is 8.89. The number of hydrogen-bond acceptors (Lipinski definition) is 3. The van der Waals surface area contributed by atoms with Gasteiger partial charge in [-0.15, -0.1) is 0 Å². The van der Waals surface area contributed by atoms with E-state index in [0.717, 1.165) is 19.3 Å². The van der Waals surface area contributed by atoms with Crippen molar-refractivity contribution in [3.8, 4) is 0 Å². The molecule has 1 heterocycles. The van der Waals surface area contributed by atoms with Gasteiger partial charge in [0.25, 0.3) is 0 Å². The molecule has 1 rings (SSSR count). The SMILES string of the molecule is CCCC(OCCCc1ccncc1)C(=O)O.